The first-order valence-electron chi connectivity index (χ1n) is 8.01. The van der Waals surface area contributed by atoms with Gasteiger partial charge in [-0.1, -0.05) is 27.2 Å². The highest BCUT2D eigenvalue weighted by atomic mass is 32.2. The van der Waals surface area contributed by atoms with Crippen molar-refractivity contribution in [2.24, 2.45) is 17.8 Å². The van der Waals surface area contributed by atoms with Gasteiger partial charge in [0.25, 0.3) is 0 Å². The fraction of sp³-hybridized carbons (Fsp3) is 0.875. The van der Waals surface area contributed by atoms with Gasteiger partial charge in [0.1, 0.15) is 6.10 Å². The van der Waals surface area contributed by atoms with Crippen LogP contribution in [-0.2, 0) is 23.8 Å². The fourth-order valence-corrected chi connectivity index (χ4v) is 4.08. The molecule has 0 spiro atoms. The van der Waals surface area contributed by atoms with Crippen LogP contribution in [0.2, 0.25) is 0 Å². The summed E-state index contributed by atoms with van der Waals surface area (Å²) in [5, 5.41) is 0. The number of hydrogen-bond donors (Lipinski definition) is 0. The molecular formula is C16H26O5S. The van der Waals surface area contributed by atoms with Crippen molar-refractivity contribution in [1.82, 2.24) is 0 Å². The van der Waals surface area contributed by atoms with Crippen LogP contribution in [0.4, 0.5) is 0 Å². The molecule has 0 aromatic heterocycles. The highest BCUT2D eigenvalue weighted by Crippen LogP contribution is 2.36. The van der Waals surface area contributed by atoms with Gasteiger partial charge in [-0.15, -0.1) is 11.8 Å². The predicted octanol–water partition coefficient (Wildman–Crippen LogP) is 2.97. The molecule has 2 aliphatic rings. The zero-order valence-corrected chi connectivity index (χ0v) is 14.6. The first-order valence-corrected chi connectivity index (χ1v) is 9.06. The van der Waals surface area contributed by atoms with Crippen LogP contribution in [-0.4, -0.2) is 35.5 Å². The Labute approximate surface area is 136 Å². The van der Waals surface area contributed by atoms with Crippen LogP contribution in [0, 0.1) is 17.8 Å². The summed E-state index contributed by atoms with van der Waals surface area (Å²) >= 11 is 1.33. The molecule has 1 aliphatic carbocycles. The highest BCUT2D eigenvalue weighted by molar-refractivity contribution is 8.00. The normalized spacial score (nSPS) is 35.4. The molecule has 0 aromatic rings. The summed E-state index contributed by atoms with van der Waals surface area (Å²) in [5.74, 6) is 1.21. The number of hydrogen-bond acceptors (Lipinski definition) is 6. The molecule has 1 unspecified atom stereocenters. The van der Waals surface area contributed by atoms with Crippen molar-refractivity contribution in [3.8, 4) is 0 Å². The molecule has 2 fully saturated rings. The Morgan fingerprint density at radius 2 is 1.95 bits per heavy atom. The van der Waals surface area contributed by atoms with Gasteiger partial charge in [-0.3, -0.25) is 4.79 Å². The van der Waals surface area contributed by atoms with Crippen LogP contribution in [0.5, 0.6) is 0 Å². The summed E-state index contributed by atoms with van der Waals surface area (Å²) in [6.07, 6.45) is 2.53. The van der Waals surface area contributed by atoms with E-state index in [1.165, 1.54) is 25.1 Å². The Bertz CT molecular complexity index is 411. The Hall–Kier alpha value is -0.750. The van der Waals surface area contributed by atoms with E-state index in [4.69, 9.17) is 14.2 Å². The molecule has 1 aliphatic heterocycles. The molecule has 0 amide bonds. The van der Waals surface area contributed by atoms with Gasteiger partial charge in [0.2, 0.25) is 11.7 Å². The Kier molecular flexibility index (Phi) is 6.15. The molecule has 1 saturated heterocycles. The average molecular weight is 330 g/mol. The molecule has 5 nitrogen and oxygen atoms in total. The van der Waals surface area contributed by atoms with Gasteiger partial charge in [-0.2, -0.15) is 0 Å². The molecule has 1 heterocycles. The van der Waals surface area contributed by atoms with E-state index in [1.807, 2.05) is 0 Å². The van der Waals surface area contributed by atoms with Crippen LogP contribution >= 0.6 is 11.8 Å². The first-order chi connectivity index (χ1) is 10.4. The minimum absolute atomic E-state index is 0.0341. The lowest BCUT2D eigenvalue weighted by Gasteiger charge is -2.37. The van der Waals surface area contributed by atoms with E-state index in [1.54, 1.807) is 0 Å². The molecule has 2 rings (SSSR count). The Morgan fingerprint density at radius 3 is 2.59 bits per heavy atom. The van der Waals surface area contributed by atoms with Crippen molar-refractivity contribution in [2.45, 2.75) is 64.8 Å². The molecule has 6 heteroatoms. The number of carbonyl (C=O) groups excluding carboxylic acids is 2. The van der Waals surface area contributed by atoms with Crippen molar-refractivity contribution >= 4 is 23.7 Å². The minimum atomic E-state index is -0.686. The van der Waals surface area contributed by atoms with Crippen molar-refractivity contribution in [2.75, 3.05) is 5.75 Å². The van der Waals surface area contributed by atoms with Crippen LogP contribution in [0.15, 0.2) is 0 Å². The molecule has 0 N–H and O–H groups in total. The fourth-order valence-electron chi connectivity index (χ4n) is 3.21. The number of carbonyl (C=O) groups is 2. The monoisotopic (exact) mass is 330 g/mol. The lowest BCUT2D eigenvalue weighted by Crippen LogP contribution is -2.38. The maximum Gasteiger partial charge on any atom is 0.346 e. The largest absolute Gasteiger partial charge is 0.459 e. The highest BCUT2D eigenvalue weighted by Gasteiger charge is 2.39. The number of esters is 2. The van der Waals surface area contributed by atoms with E-state index in [0.717, 1.165) is 12.8 Å². The first kappa shape index (κ1) is 17.6. The van der Waals surface area contributed by atoms with E-state index in [0.29, 0.717) is 23.5 Å². The predicted molar refractivity (Wildman–Crippen MR) is 84.1 cm³/mol. The van der Waals surface area contributed by atoms with Gasteiger partial charge >= 0.3 is 11.9 Å². The molecule has 5 atom stereocenters. The van der Waals surface area contributed by atoms with Gasteiger partial charge in [0, 0.05) is 6.92 Å². The quantitative estimate of drug-likeness (QED) is 0.739. The Morgan fingerprint density at radius 1 is 1.23 bits per heavy atom. The third-order valence-electron chi connectivity index (χ3n) is 4.38. The van der Waals surface area contributed by atoms with Crippen molar-refractivity contribution in [1.29, 1.82) is 0 Å². The van der Waals surface area contributed by atoms with Gasteiger partial charge in [-0.25, -0.2) is 4.79 Å². The van der Waals surface area contributed by atoms with Crippen molar-refractivity contribution < 1.29 is 23.8 Å². The van der Waals surface area contributed by atoms with Crippen LogP contribution < -0.4 is 0 Å². The molecule has 0 aromatic carbocycles. The number of thioether (sulfide) groups is 1. The smallest absolute Gasteiger partial charge is 0.346 e. The van der Waals surface area contributed by atoms with E-state index in [-0.39, 0.29) is 12.1 Å². The summed E-state index contributed by atoms with van der Waals surface area (Å²) in [6.45, 7) is 7.89. The standard InChI is InChI=1S/C16H26O5S/c1-9(2)12-6-5-10(3)7-13(12)20-15(18)16-21-14(8-22-16)19-11(4)17/h9-10,12-14,16H,5-8H2,1-4H3/t10-,12+,13-,14-,16?/m1/s1. The molecule has 126 valence electrons. The molecule has 1 saturated carbocycles. The second kappa shape index (κ2) is 7.68. The zero-order chi connectivity index (χ0) is 16.3. The average Bonchev–Trinajstić information content (AvgIpc) is 2.86. The number of rotatable bonds is 4. The second-order valence-corrected chi connectivity index (χ2v) is 7.74. The van der Waals surface area contributed by atoms with Crippen molar-refractivity contribution in [3.05, 3.63) is 0 Å². The van der Waals surface area contributed by atoms with Gasteiger partial charge in [0.15, 0.2) is 0 Å². The zero-order valence-electron chi connectivity index (χ0n) is 13.7. The van der Waals surface area contributed by atoms with Gasteiger partial charge in [-0.05, 0) is 30.6 Å². The van der Waals surface area contributed by atoms with Gasteiger partial charge < -0.3 is 14.2 Å². The molecule has 0 radical (unpaired) electrons. The third kappa shape index (κ3) is 4.62. The second-order valence-electron chi connectivity index (χ2n) is 6.64. The molecular weight excluding hydrogens is 304 g/mol. The number of ether oxygens (including phenoxy) is 3. The third-order valence-corrected chi connectivity index (χ3v) is 5.45. The van der Waals surface area contributed by atoms with Crippen LogP contribution in [0.3, 0.4) is 0 Å². The summed E-state index contributed by atoms with van der Waals surface area (Å²) in [7, 11) is 0. The van der Waals surface area contributed by atoms with E-state index in [2.05, 4.69) is 20.8 Å². The summed E-state index contributed by atoms with van der Waals surface area (Å²) in [6, 6.07) is 0. The summed E-state index contributed by atoms with van der Waals surface area (Å²) < 4.78 is 16.2. The molecule has 22 heavy (non-hydrogen) atoms. The Balaban J connectivity index is 1.88. The van der Waals surface area contributed by atoms with E-state index < -0.39 is 17.7 Å². The van der Waals surface area contributed by atoms with Gasteiger partial charge in [0.05, 0.1) is 5.75 Å². The van der Waals surface area contributed by atoms with E-state index in [9.17, 15) is 9.59 Å². The maximum atomic E-state index is 12.3. The van der Waals surface area contributed by atoms with Crippen LogP contribution in [0.25, 0.3) is 0 Å². The van der Waals surface area contributed by atoms with E-state index >= 15 is 0 Å². The summed E-state index contributed by atoms with van der Waals surface area (Å²) in [4.78, 5) is 23.2. The van der Waals surface area contributed by atoms with Crippen LogP contribution in [0.1, 0.15) is 47.0 Å². The maximum absolute atomic E-state index is 12.3. The summed E-state index contributed by atoms with van der Waals surface area (Å²) in [5.41, 5.74) is -0.686. The minimum Gasteiger partial charge on any atom is -0.459 e. The van der Waals surface area contributed by atoms with Crippen molar-refractivity contribution in [3.63, 3.8) is 0 Å². The lowest BCUT2D eigenvalue weighted by molar-refractivity contribution is -0.185. The SMILES string of the molecule is CC(=O)O[C@H]1CSC(C(=O)O[C@@H]2C[C@H](C)CC[C@H]2C(C)C)O1. The topological polar surface area (TPSA) is 61.8 Å². The lowest BCUT2D eigenvalue weighted by atomic mass is 9.75. The molecule has 0 bridgehead atoms.